The van der Waals surface area contributed by atoms with Crippen molar-refractivity contribution in [2.75, 3.05) is 0 Å². The Morgan fingerprint density at radius 1 is 1.10 bits per heavy atom. The number of hydrogen-bond acceptors (Lipinski definition) is 2. The van der Waals surface area contributed by atoms with E-state index in [1.54, 1.807) is 0 Å². The Morgan fingerprint density at radius 3 is 2.55 bits per heavy atom. The second-order valence-electron chi connectivity index (χ2n) is 4.92. The zero-order valence-electron chi connectivity index (χ0n) is 11.7. The van der Waals surface area contributed by atoms with Gasteiger partial charge in [-0.05, 0) is 23.6 Å². The molecule has 0 heterocycles. The first-order valence-corrected chi connectivity index (χ1v) is 6.78. The first kappa shape index (κ1) is 14.3. The van der Waals surface area contributed by atoms with Crippen molar-refractivity contribution in [1.82, 2.24) is 5.32 Å². The Labute approximate surface area is 119 Å². The molecule has 0 atom stereocenters. The third-order valence-corrected chi connectivity index (χ3v) is 3.26. The van der Waals surface area contributed by atoms with Crippen LogP contribution in [0, 0.1) is 6.92 Å². The number of aryl methyl sites for hydroxylation is 1. The summed E-state index contributed by atoms with van der Waals surface area (Å²) in [6.07, 6.45) is 0.409. The third-order valence-electron chi connectivity index (χ3n) is 3.26. The maximum atomic E-state index is 12.0. The van der Waals surface area contributed by atoms with Crippen LogP contribution in [0.15, 0.2) is 48.5 Å². The monoisotopic (exact) mass is 268 g/mol. The predicted molar refractivity (Wildman–Crippen MR) is 81.1 cm³/mol. The van der Waals surface area contributed by atoms with Gasteiger partial charge in [0.25, 0.3) is 0 Å². The number of carbonyl (C=O) groups excluding carboxylic acids is 1. The number of nitrogens with one attached hydrogen (secondary N) is 1. The lowest BCUT2D eigenvalue weighted by Gasteiger charge is -2.09. The molecule has 0 aliphatic heterocycles. The lowest BCUT2D eigenvalue weighted by molar-refractivity contribution is -0.120. The molecule has 0 radical (unpaired) electrons. The van der Waals surface area contributed by atoms with Crippen LogP contribution in [0.2, 0.25) is 0 Å². The van der Waals surface area contributed by atoms with Crippen LogP contribution in [0.25, 0.3) is 0 Å². The molecule has 0 fully saturated rings. The highest BCUT2D eigenvalue weighted by molar-refractivity contribution is 5.78. The largest absolute Gasteiger partial charge is 0.352 e. The van der Waals surface area contributed by atoms with Crippen LogP contribution < -0.4 is 11.1 Å². The molecule has 0 saturated heterocycles. The highest BCUT2D eigenvalue weighted by atomic mass is 16.1. The second-order valence-corrected chi connectivity index (χ2v) is 4.92. The zero-order valence-corrected chi connectivity index (χ0v) is 11.7. The molecule has 2 aromatic rings. The van der Waals surface area contributed by atoms with Crippen molar-refractivity contribution in [2.45, 2.75) is 26.4 Å². The van der Waals surface area contributed by atoms with Crippen molar-refractivity contribution in [3.63, 3.8) is 0 Å². The molecule has 0 unspecified atom stereocenters. The first-order chi connectivity index (χ1) is 9.69. The van der Waals surface area contributed by atoms with Gasteiger partial charge >= 0.3 is 0 Å². The van der Waals surface area contributed by atoms with E-state index in [0.29, 0.717) is 19.5 Å². The fourth-order valence-electron chi connectivity index (χ4n) is 2.19. The van der Waals surface area contributed by atoms with Gasteiger partial charge in [-0.1, -0.05) is 54.1 Å². The van der Waals surface area contributed by atoms with E-state index in [4.69, 9.17) is 5.73 Å². The van der Waals surface area contributed by atoms with E-state index in [9.17, 15) is 4.79 Å². The van der Waals surface area contributed by atoms with Gasteiger partial charge in [-0.3, -0.25) is 4.79 Å². The summed E-state index contributed by atoms with van der Waals surface area (Å²) in [5, 5.41) is 2.95. The Hall–Kier alpha value is -2.13. The van der Waals surface area contributed by atoms with Gasteiger partial charge in [0, 0.05) is 13.1 Å². The number of nitrogens with two attached hydrogens (primary N) is 1. The lowest BCUT2D eigenvalue weighted by Crippen LogP contribution is -2.25. The van der Waals surface area contributed by atoms with Crippen LogP contribution >= 0.6 is 0 Å². The summed E-state index contributed by atoms with van der Waals surface area (Å²) < 4.78 is 0. The molecule has 2 rings (SSSR count). The maximum Gasteiger partial charge on any atom is 0.224 e. The number of amides is 1. The SMILES string of the molecule is Cc1cccc(CC(=O)NCc2ccccc2CN)c1. The van der Waals surface area contributed by atoms with Gasteiger partial charge in [-0.15, -0.1) is 0 Å². The Balaban J connectivity index is 1.92. The van der Waals surface area contributed by atoms with Crippen LogP contribution in [-0.4, -0.2) is 5.91 Å². The van der Waals surface area contributed by atoms with E-state index >= 15 is 0 Å². The Kier molecular flexibility index (Phi) is 4.91. The third kappa shape index (κ3) is 3.93. The standard InChI is InChI=1S/C17H20N2O/c1-13-5-4-6-14(9-13)10-17(20)19-12-16-8-3-2-7-15(16)11-18/h2-9H,10-12,18H2,1H3,(H,19,20). The minimum atomic E-state index is 0.0300. The number of hydrogen-bond donors (Lipinski definition) is 2. The van der Waals surface area contributed by atoms with Crippen LogP contribution in [0.5, 0.6) is 0 Å². The molecular weight excluding hydrogens is 248 g/mol. The van der Waals surface area contributed by atoms with E-state index in [1.165, 1.54) is 5.56 Å². The van der Waals surface area contributed by atoms with Crippen molar-refractivity contribution >= 4 is 5.91 Å². The molecule has 104 valence electrons. The van der Waals surface area contributed by atoms with E-state index in [2.05, 4.69) is 5.32 Å². The summed E-state index contributed by atoms with van der Waals surface area (Å²) in [5.74, 6) is 0.0300. The van der Waals surface area contributed by atoms with Crippen molar-refractivity contribution < 1.29 is 4.79 Å². The smallest absolute Gasteiger partial charge is 0.224 e. The Morgan fingerprint density at radius 2 is 1.85 bits per heavy atom. The van der Waals surface area contributed by atoms with Gasteiger partial charge in [0.05, 0.1) is 6.42 Å². The van der Waals surface area contributed by atoms with Crippen LogP contribution in [0.4, 0.5) is 0 Å². The van der Waals surface area contributed by atoms with Gasteiger partial charge in [-0.2, -0.15) is 0 Å². The quantitative estimate of drug-likeness (QED) is 0.874. The molecule has 0 aliphatic carbocycles. The summed E-state index contributed by atoms with van der Waals surface area (Å²) in [7, 11) is 0. The van der Waals surface area contributed by atoms with Crippen molar-refractivity contribution in [1.29, 1.82) is 0 Å². The second kappa shape index (κ2) is 6.87. The van der Waals surface area contributed by atoms with Crippen LogP contribution in [0.3, 0.4) is 0 Å². The lowest BCUT2D eigenvalue weighted by atomic mass is 10.1. The molecule has 0 bridgehead atoms. The van der Waals surface area contributed by atoms with Gasteiger partial charge in [0.2, 0.25) is 5.91 Å². The zero-order chi connectivity index (χ0) is 14.4. The normalized spacial score (nSPS) is 10.3. The minimum Gasteiger partial charge on any atom is -0.352 e. The molecule has 0 aromatic heterocycles. The first-order valence-electron chi connectivity index (χ1n) is 6.78. The van der Waals surface area contributed by atoms with E-state index in [-0.39, 0.29) is 5.91 Å². The summed E-state index contributed by atoms with van der Waals surface area (Å²) in [6.45, 7) is 3.04. The molecule has 3 nitrogen and oxygen atoms in total. The molecular formula is C17H20N2O. The average molecular weight is 268 g/mol. The summed E-state index contributed by atoms with van der Waals surface area (Å²) in [6, 6.07) is 15.9. The Bertz CT molecular complexity index is 593. The minimum absolute atomic E-state index is 0.0300. The highest BCUT2D eigenvalue weighted by Gasteiger charge is 2.05. The van der Waals surface area contributed by atoms with Crippen molar-refractivity contribution in [2.24, 2.45) is 5.73 Å². The molecule has 0 saturated carbocycles. The predicted octanol–water partition coefficient (Wildman–Crippen LogP) is 2.31. The van der Waals surface area contributed by atoms with Crippen LogP contribution in [0.1, 0.15) is 22.3 Å². The summed E-state index contributed by atoms with van der Waals surface area (Å²) in [5.41, 5.74) is 10.0. The summed E-state index contributed by atoms with van der Waals surface area (Å²) in [4.78, 5) is 12.0. The number of carbonyl (C=O) groups is 1. The summed E-state index contributed by atoms with van der Waals surface area (Å²) >= 11 is 0. The highest BCUT2D eigenvalue weighted by Crippen LogP contribution is 2.08. The molecule has 2 aromatic carbocycles. The topological polar surface area (TPSA) is 55.1 Å². The fourth-order valence-corrected chi connectivity index (χ4v) is 2.19. The van der Waals surface area contributed by atoms with Gasteiger partial charge in [0.1, 0.15) is 0 Å². The molecule has 20 heavy (non-hydrogen) atoms. The number of rotatable bonds is 5. The molecule has 1 amide bonds. The van der Waals surface area contributed by atoms with Crippen molar-refractivity contribution in [3.05, 3.63) is 70.8 Å². The fraction of sp³-hybridized carbons (Fsp3) is 0.235. The number of benzene rings is 2. The molecule has 3 N–H and O–H groups in total. The maximum absolute atomic E-state index is 12.0. The molecule has 0 aliphatic rings. The van der Waals surface area contributed by atoms with Gasteiger partial charge < -0.3 is 11.1 Å². The molecule has 0 spiro atoms. The van der Waals surface area contributed by atoms with Crippen molar-refractivity contribution in [3.8, 4) is 0 Å². The van der Waals surface area contributed by atoms with Crippen LogP contribution in [-0.2, 0) is 24.3 Å². The van der Waals surface area contributed by atoms with Gasteiger partial charge in [0.15, 0.2) is 0 Å². The van der Waals surface area contributed by atoms with E-state index < -0.39 is 0 Å². The average Bonchev–Trinajstić information content (AvgIpc) is 2.45. The molecule has 3 heteroatoms. The van der Waals surface area contributed by atoms with E-state index in [1.807, 2.05) is 55.5 Å². The van der Waals surface area contributed by atoms with Gasteiger partial charge in [-0.25, -0.2) is 0 Å². The van der Waals surface area contributed by atoms with E-state index in [0.717, 1.165) is 16.7 Å².